The molecule has 6 heteroatoms. The van der Waals surface area contributed by atoms with E-state index in [0.29, 0.717) is 17.7 Å². The molecule has 0 bridgehead atoms. The number of benzene rings is 1. The smallest absolute Gasteiger partial charge is 0.297 e. The molecular formula is C17H29O4PS. The van der Waals surface area contributed by atoms with Crippen molar-refractivity contribution in [2.45, 2.75) is 63.9 Å². The predicted molar refractivity (Wildman–Crippen MR) is 96.9 cm³/mol. The van der Waals surface area contributed by atoms with Gasteiger partial charge in [-0.2, -0.15) is 8.42 Å². The Labute approximate surface area is 142 Å². The molecule has 0 aliphatic heterocycles. The zero-order valence-electron chi connectivity index (χ0n) is 14.9. The van der Waals surface area contributed by atoms with Crippen molar-refractivity contribution < 1.29 is 17.3 Å². The number of ether oxygens (including phenoxy) is 1. The van der Waals surface area contributed by atoms with Gasteiger partial charge in [0.2, 0.25) is 0 Å². The zero-order chi connectivity index (χ0) is 17.6. The molecule has 0 aliphatic carbocycles. The van der Waals surface area contributed by atoms with Crippen LogP contribution < -0.4 is 0 Å². The van der Waals surface area contributed by atoms with Crippen molar-refractivity contribution in [2.75, 3.05) is 13.0 Å². The van der Waals surface area contributed by atoms with Gasteiger partial charge < -0.3 is 4.74 Å². The Morgan fingerprint density at radius 1 is 1.00 bits per heavy atom. The molecule has 1 aromatic rings. The highest BCUT2D eigenvalue weighted by molar-refractivity contribution is 7.86. The van der Waals surface area contributed by atoms with E-state index in [0.717, 1.165) is 5.56 Å². The monoisotopic (exact) mass is 360 g/mol. The molecule has 132 valence electrons. The van der Waals surface area contributed by atoms with Gasteiger partial charge in [0.15, 0.2) is 0 Å². The number of rotatable bonds is 9. The molecule has 0 saturated heterocycles. The summed E-state index contributed by atoms with van der Waals surface area (Å²) in [4.78, 5) is 0.182. The fourth-order valence-electron chi connectivity index (χ4n) is 2.11. The first kappa shape index (κ1) is 20.6. The lowest BCUT2D eigenvalue weighted by Gasteiger charge is -2.27. The topological polar surface area (TPSA) is 52.6 Å². The van der Waals surface area contributed by atoms with Gasteiger partial charge in [0.25, 0.3) is 10.1 Å². The van der Waals surface area contributed by atoms with Gasteiger partial charge in [0.1, 0.15) is 0 Å². The van der Waals surface area contributed by atoms with E-state index in [2.05, 4.69) is 27.7 Å². The standard InChI is InChI=1S/C17H29O4PS/c1-13(2)22(14(3)4)12-20-16(6)11-21-23(18,19)17-9-7-15(5)8-10-17/h7-10,13-14,16H,11-12H2,1-6H3/t16-/m0/s1. The first-order chi connectivity index (χ1) is 10.6. The third kappa shape index (κ3) is 6.88. The third-order valence-corrected chi connectivity index (χ3v) is 8.00. The lowest BCUT2D eigenvalue weighted by Crippen LogP contribution is -2.21. The van der Waals surface area contributed by atoms with E-state index in [-0.39, 0.29) is 25.5 Å². The maximum Gasteiger partial charge on any atom is 0.297 e. The molecule has 0 fully saturated rings. The van der Waals surface area contributed by atoms with Gasteiger partial charge in [-0.3, -0.25) is 4.18 Å². The first-order valence-corrected chi connectivity index (χ1v) is 11.0. The van der Waals surface area contributed by atoms with Crippen LogP contribution in [-0.4, -0.2) is 38.8 Å². The molecule has 0 spiro atoms. The van der Waals surface area contributed by atoms with Gasteiger partial charge >= 0.3 is 0 Å². The molecule has 0 aliphatic rings. The van der Waals surface area contributed by atoms with Crippen molar-refractivity contribution in [3.63, 3.8) is 0 Å². The van der Waals surface area contributed by atoms with Crippen molar-refractivity contribution in [3.8, 4) is 0 Å². The molecule has 0 unspecified atom stereocenters. The maximum absolute atomic E-state index is 12.1. The summed E-state index contributed by atoms with van der Waals surface area (Å²) in [7, 11) is -3.94. The van der Waals surface area contributed by atoms with Gasteiger partial charge in [-0.25, -0.2) is 0 Å². The molecule has 4 nitrogen and oxygen atoms in total. The van der Waals surface area contributed by atoms with Gasteiger partial charge in [-0.1, -0.05) is 53.3 Å². The average Bonchev–Trinajstić information content (AvgIpc) is 2.45. The Bertz CT molecular complexity index is 559. The van der Waals surface area contributed by atoms with Crippen molar-refractivity contribution in [1.82, 2.24) is 0 Å². The van der Waals surface area contributed by atoms with Crippen LogP contribution in [0.2, 0.25) is 0 Å². The second-order valence-corrected chi connectivity index (χ2v) is 11.3. The Morgan fingerprint density at radius 3 is 2.00 bits per heavy atom. The Morgan fingerprint density at radius 2 is 1.52 bits per heavy atom. The van der Waals surface area contributed by atoms with Gasteiger partial charge in [0, 0.05) is 0 Å². The minimum absolute atomic E-state index is 0.0373. The highest BCUT2D eigenvalue weighted by atomic mass is 32.2. The number of hydrogen-bond donors (Lipinski definition) is 0. The van der Waals surface area contributed by atoms with E-state index in [9.17, 15) is 8.42 Å². The molecule has 1 rings (SSSR count). The molecule has 1 aromatic carbocycles. The fraction of sp³-hybridized carbons (Fsp3) is 0.647. The van der Waals surface area contributed by atoms with E-state index in [1.165, 1.54) is 0 Å². The maximum atomic E-state index is 12.1. The highest BCUT2D eigenvalue weighted by Gasteiger charge is 2.20. The predicted octanol–water partition coefficient (Wildman–Crippen LogP) is 4.36. The lowest BCUT2D eigenvalue weighted by atomic mass is 10.2. The van der Waals surface area contributed by atoms with Gasteiger partial charge in [0.05, 0.1) is 24.0 Å². The molecule has 0 saturated carbocycles. The van der Waals surface area contributed by atoms with Crippen LogP contribution in [0.3, 0.4) is 0 Å². The second kappa shape index (κ2) is 9.12. The zero-order valence-corrected chi connectivity index (χ0v) is 16.7. The van der Waals surface area contributed by atoms with Crippen LogP contribution in [0.15, 0.2) is 29.2 Å². The second-order valence-electron chi connectivity index (χ2n) is 6.36. The van der Waals surface area contributed by atoms with E-state index < -0.39 is 10.1 Å². The summed E-state index contributed by atoms with van der Waals surface area (Å²) in [6.45, 7) is 12.6. The van der Waals surface area contributed by atoms with Crippen LogP contribution in [0, 0.1) is 6.92 Å². The van der Waals surface area contributed by atoms with Crippen LogP contribution in [0.4, 0.5) is 0 Å². The minimum Gasteiger partial charge on any atom is -0.372 e. The molecule has 0 aromatic heterocycles. The first-order valence-electron chi connectivity index (χ1n) is 7.97. The Hall–Kier alpha value is -0.480. The molecule has 0 N–H and O–H groups in total. The Kier molecular flexibility index (Phi) is 8.15. The van der Waals surface area contributed by atoms with E-state index in [1.807, 2.05) is 13.8 Å². The van der Waals surface area contributed by atoms with Crippen molar-refractivity contribution in [3.05, 3.63) is 29.8 Å². The quantitative estimate of drug-likeness (QED) is 0.485. The summed E-state index contributed by atoms with van der Waals surface area (Å²) in [5.74, 6) is 0. The van der Waals surface area contributed by atoms with E-state index in [1.54, 1.807) is 24.3 Å². The van der Waals surface area contributed by atoms with Gasteiger partial charge in [-0.15, -0.1) is 0 Å². The van der Waals surface area contributed by atoms with Crippen LogP contribution in [0.25, 0.3) is 0 Å². The largest absolute Gasteiger partial charge is 0.372 e. The van der Waals surface area contributed by atoms with Crippen LogP contribution in [0.5, 0.6) is 0 Å². The number of hydrogen-bond acceptors (Lipinski definition) is 4. The molecule has 0 radical (unpaired) electrons. The van der Waals surface area contributed by atoms with Crippen LogP contribution >= 0.6 is 7.92 Å². The summed E-state index contributed by atoms with van der Waals surface area (Å²) < 4.78 is 35.2. The number of aryl methyl sites for hydroxylation is 1. The lowest BCUT2D eigenvalue weighted by molar-refractivity contribution is 0.0617. The van der Waals surface area contributed by atoms with Crippen molar-refractivity contribution >= 4 is 18.0 Å². The van der Waals surface area contributed by atoms with Crippen LogP contribution in [0.1, 0.15) is 40.2 Å². The van der Waals surface area contributed by atoms with Crippen molar-refractivity contribution in [1.29, 1.82) is 0 Å². The fourth-order valence-corrected chi connectivity index (χ4v) is 5.31. The highest BCUT2D eigenvalue weighted by Crippen LogP contribution is 2.45. The summed E-state index contributed by atoms with van der Waals surface area (Å²) in [5, 5.41) is 0. The molecule has 0 heterocycles. The average molecular weight is 360 g/mol. The Balaban J connectivity index is 2.52. The summed E-state index contributed by atoms with van der Waals surface area (Å²) in [6.07, 6.45) is 0.428. The molecule has 0 amide bonds. The minimum atomic E-state index is -3.72. The normalized spacial score (nSPS) is 14.0. The van der Waals surface area contributed by atoms with Gasteiger partial charge in [-0.05, 0) is 37.3 Å². The third-order valence-electron chi connectivity index (χ3n) is 3.60. The van der Waals surface area contributed by atoms with Crippen LogP contribution in [-0.2, 0) is 19.0 Å². The molecule has 23 heavy (non-hydrogen) atoms. The van der Waals surface area contributed by atoms with Crippen molar-refractivity contribution in [2.24, 2.45) is 0 Å². The summed E-state index contributed by atoms with van der Waals surface area (Å²) in [5.41, 5.74) is 2.19. The van der Waals surface area contributed by atoms with E-state index >= 15 is 0 Å². The summed E-state index contributed by atoms with van der Waals surface area (Å²) >= 11 is 0. The summed E-state index contributed by atoms with van der Waals surface area (Å²) in [6, 6.07) is 6.64. The molecule has 1 atom stereocenters. The molecular weight excluding hydrogens is 331 g/mol. The SMILES string of the molecule is Cc1ccc(S(=O)(=O)OC[C@H](C)OCP(C(C)C)C(C)C)cc1. The van der Waals surface area contributed by atoms with E-state index in [4.69, 9.17) is 8.92 Å².